The molecule has 0 spiro atoms. The van der Waals surface area contributed by atoms with Gasteiger partial charge in [-0.15, -0.1) is 0 Å². The fourth-order valence-electron chi connectivity index (χ4n) is 1.72. The molecule has 0 aromatic heterocycles. The molecule has 2 unspecified atom stereocenters. The predicted molar refractivity (Wildman–Crippen MR) is 61.3 cm³/mol. The molecule has 0 saturated carbocycles. The number of hydrogen-bond donors (Lipinski definition) is 3. The number of piperidine rings is 1. The van der Waals surface area contributed by atoms with E-state index in [-0.39, 0.29) is 24.3 Å². The Kier molecular flexibility index (Phi) is 4.56. The average Bonchev–Trinajstić information content (AvgIpc) is 2.15. The number of ether oxygens (including phenoxy) is 1. The smallest absolute Gasteiger partial charge is 0.407 e. The second-order valence-electron chi connectivity index (χ2n) is 5.20. The van der Waals surface area contributed by atoms with Gasteiger partial charge in [-0.3, -0.25) is 0 Å². The molecule has 1 heterocycles. The minimum absolute atomic E-state index is 0.00648. The highest BCUT2D eigenvalue weighted by molar-refractivity contribution is 5.68. The first kappa shape index (κ1) is 13.3. The summed E-state index contributed by atoms with van der Waals surface area (Å²) in [7, 11) is 0. The molecule has 1 aliphatic heterocycles. The molecule has 1 saturated heterocycles. The maximum absolute atomic E-state index is 11.5. The molecule has 1 fully saturated rings. The zero-order valence-corrected chi connectivity index (χ0v) is 10.2. The summed E-state index contributed by atoms with van der Waals surface area (Å²) in [5.41, 5.74) is -0.298. The van der Waals surface area contributed by atoms with Crippen LogP contribution in [-0.2, 0) is 4.74 Å². The number of amides is 1. The standard InChI is InChI=1S/C11H22N2O3/c1-11(2,3)13-10(15)16-9-5-4-6-12-8(9)7-14/h8-9,12,14H,4-7H2,1-3H3,(H,13,15). The number of aliphatic hydroxyl groups is 1. The zero-order chi connectivity index (χ0) is 12.2. The van der Waals surface area contributed by atoms with Crippen molar-refractivity contribution in [3.63, 3.8) is 0 Å². The van der Waals surface area contributed by atoms with Gasteiger partial charge in [0, 0.05) is 5.54 Å². The highest BCUT2D eigenvalue weighted by Gasteiger charge is 2.28. The van der Waals surface area contributed by atoms with Crippen molar-refractivity contribution in [3.05, 3.63) is 0 Å². The van der Waals surface area contributed by atoms with Crippen LogP contribution in [0.15, 0.2) is 0 Å². The van der Waals surface area contributed by atoms with E-state index in [0.717, 1.165) is 19.4 Å². The Bertz CT molecular complexity index is 238. The van der Waals surface area contributed by atoms with Crippen LogP contribution in [0.2, 0.25) is 0 Å². The first-order valence-electron chi connectivity index (χ1n) is 5.75. The summed E-state index contributed by atoms with van der Waals surface area (Å²) >= 11 is 0. The van der Waals surface area contributed by atoms with Crippen LogP contribution in [0.4, 0.5) is 4.79 Å². The van der Waals surface area contributed by atoms with E-state index in [9.17, 15) is 4.79 Å². The van der Waals surface area contributed by atoms with E-state index >= 15 is 0 Å². The molecule has 0 aromatic rings. The van der Waals surface area contributed by atoms with Gasteiger partial charge in [0.25, 0.3) is 0 Å². The van der Waals surface area contributed by atoms with E-state index in [1.807, 2.05) is 20.8 Å². The Labute approximate surface area is 96.6 Å². The number of rotatable bonds is 2. The van der Waals surface area contributed by atoms with Crippen molar-refractivity contribution in [2.24, 2.45) is 0 Å². The highest BCUT2D eigenvalue weighted by Crippen LogP contribution is 2.13. The Balaban J connectivity index is 2.42. The maximum atomic E-state index is 11.5. The summed E-state index contributed by atoms with van der Waals surface area (Å²) in [5.74, 6) is 0. The van der Waals surface area contributed by atoms with Gasteiger partial charge >= 0.3 is 6.09 Å². The van der Waals surface area contributed by atoms with Crippen molar-refractivity contribution in [2.45, 2.75) is 51.3 Å². The van der Waals surface area contributed by atoms with Gasteiger partial charge in [-0.25, -0.2) is 4.79 Å². The summed E-state index contributed by atoms with van der Waals surface area (Å²) in [6, 6.07) is -0.139. The molecule has 0 bridgehead atoms. The van der Waals surface area contributed by atoms with Gasteiger partial charge in [-0.2, -0.15) is 0 Å². The molecule has 5 heteroatoms. The van der Waals surface area contributed by atoms with Gasteiger partial charge in [0.1, 0.15) is 6.10 Å². The molecule has 2 atom stereocenters. The lowest BCUT2D eigenvalue weighted by atomic mass is 10.0. The third-order valence-corrected chi connectivity index (χ3v) is 2.45. The third kappa shape index (κ3) is 4.37. The van der Waals surface area contributed by atoms with E-state index in [1.165, 1.54) is 0 Å². The molecular weight excluding hydrogens is 208 g/mol. The Morgan fingerprint density at radius 2 is 2.25 bits per heavy atom. The highest BCUT2D eigenvalue weighted by atomic mass is 16.6. The largest absolute Gasteiger partial charge is 0.444 e. The number of hydrogen-bond acceptors (Lipinski definition) is 4. The van der Waals surface area contributed by atoms with Crippen molar-refractivity contribution in [1.82, 2.24) is 10.6 Å². The number of alkyl carbamates (subject to hydrolysis) is 1. The van der Waals surface area contributed by atoms with Gasteiger partial charge in [0.05, 0.1) is 12.6 Å². The normalized spacial score (nSPS) is 26.2. The van der Waals surface area contributed by atoms with E-state index in [4.69, 9.17) is 9.84 Å². The number of nitrogens with one attached hydrogen (secondary N) is 2. The van der Waals surface area contributed by atoms with Crippen LogP contribution in [0.5, 0.6) is 0 Å². The van der Waals surface area contributed by atoms with E-state index < -0.39 is 6.09 Å². The van der Waals surface area contributed by atoms with Gasteiger partial charge < -0.3 is 20.5 Å². The van der Waals surface area contributed by atoms with Crippen molar-refractivity contribution in [2.75, 3.05) is 13.2 Å². The molecule has 0 aliphatic carbocycles. The van der Waals surface area contributed by atoms with Crippen LogP contribution in [0.3, 0.4) is 0 Å². The second kappa shape index (κ2) is 5.50. The lowest BCUT2D eigenvalue weighted by Gasteiger charge is -2.32. The number of aliphatic hydroxyl groups excluding tert-OH is 1. The third-order valence-electron chi connectivity index (χ3n) is 2.45. The van der Waals surface area contributed by atoms with Crippen molar-refractivity contribution >= 4 is 6.09 Å². The van der Waals surface area contributed by atoms with Crippen LogP contribution >= 0.6 is 0 Å². The monoisotopic (exact) mass is 230 g/mol. The lowest BCUT2D eigenvalue weighted by molar-refractivity contribution is 0.0339. The summed E-state index contributed by atoms with van der Waals surface area (Å²) < 4.78 is 5.30. The quantitative estimate of drug-likeness (QED) is 0.650. The second-order valence-corrected chi connectivity index (χ2v) is 5.20. The Morgan fingerprint density at radius 3 is 2.81 bits per heavy atom. The van der Waals surface area contributed by atoms with Crippen LogP contribution < -0.4 is 10.6 Å². The van der Waals surface area contributed by atoms with Crippen LogP contribution in [0, 0.1) is 0 Å². The lowest BCUT2D eigenvalue weighted by Crippen LogP contribution is -2.51. The molecule has 3 N–H and O–H groups in total. The number of carbonyl (C=O) groups excluding carboxylic acids is 1. The fourth-order valence-corrected chi connectivity index (χ4v) is 1.72. The van der Waals surface area contributed by atoms with Gasteiger partial charge in [0.2, 0.25) is 0 Å². The molecule has 1 aliphatic rings. The van der Waals surface area contributed by atoms with E-state index in [1.54, 1.807) is 0 Å². The molecule has 0 aromatic carbocycles. The maximum Gasteiger partial charge on any atom is 0.407 e. The van der Waals surface area contributed by atoms with Crippen molar-refractivity contribution in [3.8, 4) is 0 Å². The molecule has 16 heavy (non-hydrogen) atoms. The summed E-state index contributed by atoms with van der Waals surface area (Å²) in [6.45, 7) is 6.56. The Hall–Kier alpha value is -0.810. The summed E-state index contributed by atoms with van der Waals surface area (Å²) in [6.07, 6.45) is 1.11. The van der Waals surface area contributed by atoms with Gasteiger partial charge in [0.15, 0.2) is 0 Å². The van der Waals surface area contributed by atoms with Crippen molar-refractivity contribution in [1.29, 1.82) is 0 Å². The first-order valence-corrected chi connectivity index (χ1v) is 5.75. The SMILES string of the molecule is CC(C)(C)NC(=O)OC1CCCNC1CO. The first-order chi connectivity index (χ1) is 7.42. The predicted octanol–water partition coefficient (Wildman–Crippen LogP) is 0.624. The number of carbonyl (C=O) groups is 1. The molecular formula is C11H22N2O3. The minimum atomic E-state index is -0.417. The molecule has 94 valence electrons. The Morgan fingerprint density at radius 1 is 1.56 bits per heavy atom. The van der Waals surface area contributed by atoms with Gasteiger partial charge in [-0.1, -0.05) is 0 Å². The van der Waals surface area contributed by atoms with Gasteiger partial charge in [-0.05, 0) is 40.2 Å². The molecule has 1 rings (SSSR count). The van der Waals surface area contributed by atoms with Crippen LogP contribution in [0.25, 0.3) is 0 Å². The average molecular weight is 230 g/mol. The van der Waals surface area contributed by atoms with Crippen LogP contribution in [-0.4, -0.2) is 42.0 Å². The summed E-state index contributed by atoms with van der Waals surface area (Å²) in [4.78, 5) is 11.5. The topological polar surface area (TPSA) is 70.6 Å². The zero-order valence-electron chi connectivity index (χ0n) is 10.2. The minimum Gasteiger partial charge on any atom is -0.444 e. The molecule has 0 radical (unpaired) electrons. The summed E-state index contributed by atoms with van der Waals surface area (Å²) in [5, 5.41) is 15.0. The van der Waals surface area contributed by atoms with E-state index in [0.29, 0.717) is 0 Å². The fraction of sp³-hybridized carbons (Fsp3) is 0.909. The van der Waals surface area contributed by atoms with Crippen molar-refractivity contribution < 1.29 is 14.6 Å². The van der Waals surface area contributed by atoms with Crippen LogP contribution in [0.1, 0.15) is 33.6 Å². The molecule has 5 nitrogen and oxygen atoms in total. The van der Waals surface area contributed by atoms with E-state index in [2.05, 4.69) is 10.6 Å². The molecule has 1 amide bonds.